The van der Waals surface area contributed by atoms with Crippen molar-refractivity contribution >= 4 is 46.9 Å². The molecule has 11 heteroatoms. The van der Waals surface area contributed by atoms with Gasteiger partial charge >= 0.3 is 6.03 Å². The van der Waals surface area contributed by atoms with Crippen LogP contribution in [-0.2, 0) is 22.6 Å². The number of anilines is 1. The molecule has 10 nitrogen and oxygen atoms in total. The van der Waals surface area contributed by atoms with Gasteiger partial charge in [0.25, 0.3) is 17.5 Å². The van der Waals surface area contributed by atoms with Crippen LogP contribution >= 0.6 is 11.6 Å². The van der Waals surface area contributed by atoms with Gasteiger partial charge in [-0.1, -0.05) is 23.7 Å². The van der Waals surface area contributed by atoms with E-state index in [2.05, 4.69) is 11.9 Å². The SMILES string of the molecule is C=CCc1cc(/C=C2\C(=O)NC(=O)N(c3cccc(Cl)c3)C2=O)cc(OC)c1OCc1ccc([N+](=O)[O-])cc1. The second-order valence-electron chi connectivity index (χ2n) is 8.35. The number of ether oxygens (including phenoxy) is 2. The molecule has 1 aliphatic rings. The number of carbonyl (C=O) groups excluding carboxylic acids is 3. The van der Waals surface area contributed by atoms with Gasteiger partial charge in [-0.15, -0.1) is 6.58 Å². The summed E-state index contributed by atoms with van der Waals surface area (Å²) in [6.07, 6.45) is 3.38. The molecule has 0 unspecified atom stereocenters. The van der Waals surface area contributed by atoms with Crippen LogP contribution in [0.1, 0.15) is 16.7 Å². The standard InChI is InChI=1S/C28H22ClN3O7/c1-3-5-19-12-18(14-24(38-2)25(19)39-16-17-8-10-21(11-9-17)32(36)37)13-23-26(33)30-28(35)31(27(23)34)22-7-4-6-20(29)15-22/h3-4,6-15H,1,5,16H2,2H3,(H,30,33,35)/b23-13+. The van der Waals surface area contributed by atoms with Crippen LogP contribution < -0.4 is 19.7 Å². The summed E-state index contributed by atoms with van der Waals surface area (Å²) in [7, 11) is 1.45. The maximum Gasteiger partial charge on any atom is 0.335 e. The summed E-state index contributed by atoms with van der Waals surface area (Å²) in [6, 6.07) is 14.5. The summed E-state index contributed by atoms with van der Waals surface area (Å²) in [6.45, 7) is 3.88. The number of urea groups is 1. The Morgan fingerprint density at radius 2 is 1.85 bits per heavy atom. The Balaban J connectivity index is 1.67. The smallest absolute Gasteiger partial charge is 0.335 e. The Morgan fingerprint density at radius 3 is 2.49 bits per heavy atom. The zero-order valence-corrected chi connectivity index (χ0v) is 21.4. The van der Waals surface area contributed by atoms with Gasteiger partial charge in [-0.2, -0.15) is 0 Å². The number of nitro benzene ring substituents is 1. The molecule has 198 valence electrons. The quantitative estimate of drug-likeness (QED) is 0.128. The number of rotatable bonds is 9. The lowest BCUT2D eigenvalue weighted by molar-refractivity contribution is -0.384. The van der Waals surface area contributed by atoms with Crippen LogP contribution in [0.15, 0.2) is 78.9 Å². The maximum atomic E-state index is 13.2. The van der Waals surface area contributed by atoms with Gasteiger partial charge in [-0.05, 0) is 66.1 Å². The van der Waals surface area contributed by atoms with E-state index in [1.54, 1.807) is 42.5 Å². The molecule has 3 aromatic carbocycles. The molecule has 4 amide bonds. The van der Waals surface area contributed by atoms with E-state index in [0.717, 1.165) is 4.90 Å². The van der Waals surface area contributed by atoms with Gasteiger partial charge in [-0.3, -0.25) is 25.0 Å². The molecule has 1 aliphatic heterocycles. The van der Waals surface area contributed by atoms with Crippen molar-refractivity contribution in [3.63, 3.8) is 0 Å². The first kappa shape index (κ1) is 27.1. The molecule has 0 spiro atoms. The monoisotopic (exact) mass is 547 g/mol. The highest BCUT2D eigenvalue weighted by Crippen LogP contribution is 2.35. The number of nitrogens with zero attached hydrogens (tertiary/aromatic N) is 2. The van der Waals surface area contributed by atoms with Crippen LogP contribution in [0, 0.1) is 10.1 Å². The lowest BCUT2D eigenvalue weighted by atomic mass is 10.0. The van der Waals surface area contributed by atoms with Crippen molar-refractivity contribution in [2.45, 2.75) is 13.0 Å². The number of amides is 4. The largest absolute Gasteiger partial charge is 0.493 e. The first-order valence-electron chi connectivity index (χ1n) is 11.6. The first-order valence-corrected chi connectivity index (χ1v) is 11.9. The van der Waals surface area contributed by atoms with Gasteiger partial charge in [0.2, 0.25) is 0 Å². The van der Waals surface area contributed by atoms with Crippen LogP contribution in [-0.4, -0.2) is 29.9 Å². The lowest BCUT2D eigenvalue weighted by Gasteiger charge is -2.26. The predicted octanol–water partition coefficient (Wildman–Crippen LogP) is 5.23. The minimum absolute atomic E-state index is 0.0296. The van der Waals surface area contributed by atoms with Gasteiger partial charge in [-0.25, -0.2) is 9.69 Å². The Kier molecular flexibility index (Phi) is 8.07. The predicted molar refractivity (Wildman–Crippen MR) is 145 cm³/mol. The summed E-state index contributed by atoms with van der Waals surface area (Å²) >= 11 is 6.02. The number of hydrogen-bond acceptors (Lipinski definition) is 7. The van der Waals surface area contributed by atoms with E-state index >= 15 is 0 Å². The summed E-state index contributed by atoms with van der Waals surface area (Å²) in [5, 5.41) is 13.4. The minimum atomic E-state index is -0.885. The topological polar surface area (TPSA) is 128 Å². The Bertz CT molecular complexity index is 1520. The molecule has 39 heavy (non-hydrogen) atoms. The van der Waals surface area contributed by atoms with Gasteiger partial charge < -0.3 is 9.47 Å². The van der Waals surface area contributed by atoms with E-state index < -0.39 is 22.8 Å². The number of methoxy groups -OCH3 is 1. The summed E-state index contributed by atoms with van der Waals surface area (Å²) < 4.78 is 11.5. The van der Waals surface area contributed by atoms with E-state index in [0.29, 0.717) is 39.6 Å². The molecule has 1 heterocycles. The van der Waals surface area contributed by atoms with Crippen molar-refractivity contribution in [2.24, 2.45) is 0 Å². The number of non-ortho nitro benzene ring substituents is 1. The third-order valence-electron chi connectivity index (χ3n) is 5.75. The Labute approximate surface area is 228 Å². The maximum absolute atomic E-state index is 13.2. The molecule has 1 N–H and O–H groups in total. The van der Waals surface area contributed by atoms with Crippen molar-refractivity contribution in [2.75, 3.05) is 12.0 Å². The average Bonchev–Trinajstić information content (AvgIpc) is 2.90. The summed E-state index contributed by atoms with van der Waals surface area (Å²) in [5.41, 5.74) is 1.73. The Morgan fingerprint density at radius 1 is 1.10 bits per heavy atom. The molecule has 3 aromatic rings. The molecule has 0 radical (unpaired) electrons. The highest BCUT2D eigenvalue weighted by atomic mass is 35.5. The van der Waals surface area contributed by atoms with Crippen LogP contribution in [0.3, 0.4) is 0 Å². The van der Waals surface area contributed by atoms with Crippen LogP contribution in [0.5, 0.6) is 11.5 Å². The van der Waals surface area contributed by atoms with E-state index in [-0.39, 0.29) is 23.6 Å². The summed E-state index contributed by atoms with van der Waals surface area (Å²) in [5.74, 6) is -0.914. The number of benzene rings is 3. The summed E-state index contributed by atoms with van der Waals surface area (Å²) in [4.78, 5) is 49.6. The van der Waals surface area contributed by atoms with Crippen molar-refractivity contribution in [1.29, 1.82) is 0 Å². The van der Waals surface area contributed by atoms with Gasteiger partial charge in [0.1, 0.15) is 12.2 Å². The molecular weight excluding hydrogens is 526 g/mol. The van der Waals surface area contributed by atoms with Gasteiger partial charge in [0, 0.05) is 22.7 Å². The van der Waals surface area contributed by atoms with E-state index in [1.807, 2.05) is 0 Å². The highest BCUT2D eigenvalue weighted by Gasteiger charge is 2.37. The van der Waals surface area contributed by atoms with Crippen LogP contribution in [0.25, 0.3) is 6.08 Å². The minimum Gasteiger partial charge on any atom is -0.493 e. The number of carbonyl (C=O) groups is 3. The van der Waals surface area contributed by atoms with Crippen LogP contribution in [0.4, 0.5) is 16.2 Å². The molecule has 0 atom stereocenters. The van der Waals surface area contributed by atoms with Crippen LogP contribution in [0.2, 0.25) is 5.02 Å². The van der Waals surface area contributed by atoms with Crippen molar-refractivity contribution < 1.29 is 28.8 Å². The lowest BCUT2D eigenvalue weighted by Crippen LogP contribution is -2.54. The zero-order valence-electron chi connectivity index (χ0n) is 20.7. The second-order valence-corrected chi connectivity index (χ2v) is 8.79. The Hall–Kier alpha value is -4.96. The number of nitro groups is 1. The number of barbiturate groups is 1. The number of imide groups is 2. The third-order valence-corrected chi connectivity index (χ3v) is 5.98. The molecule has 4 rings (SSSR count). The number of halogens is 1. The number of nitrogens with one attached hydrogen (secondary N) is 1. The molecule has 0 bridgehead atoms. The molecular formula is C28H22ClN3O7. The molecule has 1 saturated heterocycles. The molecule has 0 saturated carbocycles. The van der Waals surface area contributed by atoms with E-state index in [1.165, 1.54) is 37.5 Å². The number of hydrogen-bond donors (Lipinski definition) is 1. The molecule has 0 aromatic heterocycles. The van der Waals surface area contributed by atoms with E-state index in [4.69, 9.17) is 21.1 Å². The average molecular weight is 548 g/mol. The fourth-order valence-corrected chi connectivity index (χ4v) is 4.12. The van der Waals surface area contributed by atoms with Crippen molar-refractivity contribution in [3.05, 3.63) is 111 Å². The molecule has 0 aliphatic carbocycles. The van der Waals surface area contributed by atoms with E-state index in [9.17, 15) is 24.5 Å². The van der Waals surface area contributed by atoms with Gasteiger partial charge in [0.05, 0.1) is 17.7 Å². The fourth-order valence-electron chi connectivity index (χ4n) is 3.93. The third kappa shape index (κ3) is 5.97. The van der Waals surface area contributed by atoms with Gasteiger partial charge in [0.15, 0.2) is 11.5 Å². The first-order chi connectivity index (χ1) is 18.7. The van der Waals surface area contributed by atoms with Crippen molar-refractivity contribution in [3.8, 4) is 11.5 Å². The van der Waals surface area contributed by atoms with Crippen molar-refractivity contribution in [1.82, 2.24) is 5.32 Å². The normalized spacial score (nSPS) is 14.3. The zero-order chi connectivity index (χ0) is 28.1. The fraction of sp³-hybridized carbons (Fsp3) is 0.107. The molecule has 1 fully saturated rings. The highest BCUT2D eigenvalue weighted by molar-refractivity contribution is 6.39. The number of allylic oxidation sites excluding steroid dienone is 1. The second kappa shape index (κ2) is 11.6.